The van der Waals surface area contributed by atoms with Gasteiger partial charge in [0.15, 0.2) is 0 Å². The van der Waals surface area contributed by atoms with Gasteiger partial charge in [0.2, 0.25) is 0 Å². The van der Waals surface area contributed by atoms with Gasteiger partial charge in [-0.2, -0.15) is 0 Å². The maximum absolute atomic E-state index is 11.1. The minimum atomic E-state index is 0.271. The molecule has 2 nitrogen and oxygen atoms in total. The van der Waals surface area contributed by atoms with Crippen LogP contribution in [-0.2, 0) is 6.42 Å². The Hall–Kier alpha value is -3.13. The highest BCUT2D eigenvalue weighted by Gasteiger charge is 2.17. The average Bonchev–Trinajstić information content (AvgIpc) is 2.80. The maximum Gasteiger partial charge on any atom is 0.132 e. The van der Waals surface area contributed by atoms with Gasteiger partial charge >= 0.3 is 0 Å². The van der Waals surface area contributed by atoms with Crippen molar-refractivity contribution in [3.05, 3.63) is 95.1 Å². The molecule has 0 amide bonds. The molecule has 0 saturated carbocycles. The smallest absolute Gasteiger partial charge is 0.132 e. The standard InChI is InChI=1S/C31H37NO/c1-7-12-23(6)28-19-24(13-8-2)18-27(21(3)4)30(28)32-20-26-16-22(5)17-29(31(26)33)25-14-10-9-11-15-25/h8-11,14-21,23,33H,2,7,12-13H2,1,3-6H3. The molecule has 1 N–H and O–H groups in total. The summed E-state index contributed by atoms with van der Waals surface area (Å²) in [6.07, 6.45) is 6.91. The lowest BCUT2D eigenvalue weighted by Gasteiger charge is -2.20. The van der Waals surface area contributed by atoms with E-state index in [0.29, 0.717) is 11.8 Å². The summed E-state index contributed by atoms with van der Waals surface area (Å²) in [6.45, 7) is 14.9. The Morgan fingerprint density at radius 1 is 1.00 bits per heavy atom. The van der Waals surface area contributed by atoms with Crippen LogP contribution >= 0.6 is 0 Å². The van der Waals surface area contributed by atoms with E-state index in [-0.39, 0.29) is 5.75 Å². The second kappa shape index (κ2) is 11.1. The number of rotatable bonds is 9. The third-order valence-corrected chi connectivity index (χ3v) is 6.18. The maximum atomic E-state index is 11.1. The fourth-order valence-corrected chi connectivity index (χ4v) is 4.46. The largest absolute Gasteiger partial charge is 0.507 e. The van der Waals surface area contributed by atoms with Crippen molar-refractivity contribution in [3.63, 3.8) is 0 Å². The lowest BCUT2D eigenvalue weighted by atomic mass is 9.87. The number of benzene rings is 3. The Kier molecular flexibility index (Phi) is 8.27. The Labute approximate surface area is 199 Å². The molecule has 1 atom stereocenters. The Balaban J connectivity index is 2.15. The highest BCUT2D eigenvalue weighted by Crippen LogP contribution is 2.39. The van der Waals surface area contributed by atoms with Crippen molar-refractivity contribution < 1.29 is 5.11 Å². The van der Waals surface area contributed by atoms with Crippen LogP contribution in [-0.4, -0.2) is 11.3 Å². The molecule has 33 heavy (non-hydrogen) atoms. The molecule has 0 fully saturated rings. The number of aromatic hydroxyl groups is 1. The van der Waals surface area contributed by atoms with Crippen molar-refractivity contribution in [2.45, 2.75) is 65.7 Å². The van der Waals surface area contributed by atoms with E-state index in [9.17, 15) is 5.11 Å². The predicted molar refractivity (Wildman–Crippen MR) is 143 cm³/mol. The molecule has 0 aliphatic rings. The molecule has 3 aromatic carbocycles. The van der Waals surface area contributed by atoms with Crippen molar-refractivity contribution in [2.24, 2.45) is 4.99 Å². The number of phenols is 1. The topological polar surface area (TPSA) is 32.6 Å². The predicted octanol–water partition coefficient (Wildman–Crippen LogP) is 8.87. The van der Waals surface area contributed by atoms with E-state index in [1.165, 1.54) is 16.7 Å². The number of phenolic OH excluding ortho intramolecular Hbond substituents is 1. The summed E-state index contributed by atoms with van der Waals surface area (Å²) < 4.78 is 0. The molecule has 0 aliphatic carbocycles. The average molecular weight is 440 g/mol. The molecule has 0 aliphatic heterocycles. The van der Waals surface area contributed by atoms with Crippen LogP contribution in [0, 0.1) is 6.92 Å². The summed E-state index contributed by atoms with van der Waals surface area (Å²) in [4.78, 5) is 5.03. The van der Waals surface area contributed by atoms with Crippen LogP contribution in [0.2, 0.25) is 0 Å². The van der Waals surface area contributed by atoms with E-state index in [2.05, 4.69) is 53.3 Å². The molecule has 3 aromatic rings. The molecule has 2 heteroatoms. The van der Waals surface area contributed by atoms with Crippen LogP contribution in [0.5, 0.6) is 5.75 Å². The quantitative estimate of drug-likeness (QED) is 0.262. The third kappa shape index (κ3) is 5.82. The van der Waals surface area contributed by atoms with Crippen LogP contribution in [0.3, 0.4) is 0 Å². The van der Waals surface area contributed by atoms with Crippen molar-refractivity contribution >= 4 is 11.9 Å². The molecule has 172 valence electrons. The zero-order chi connectivity index (χ0) is 24.0. The van der Waals surface area contributed by atoms with Crippen LogP contribution in [0.15, 0.2) is 72.2 Å². The van der Waals surface area contributed by atoms with E-state index in [1.807, 2.05) is 54.8 Å². The first-order chi connectivity index (χ1) is 15.8. The molecule has 0 aromatic heterocycles. The number of hydrogen-bond acceptors (Lipinski definition) is 2. The number of aryl methyl sites for hydroxylation is 1. The molecule has 3 rings (SSSR count). The minimum Gasteiger partial charge on any atom is -0.507 e. The highest BCUT2D eigenvalue weighted by molar-refractivity contribution is 5.91. The van der Waals surface area contributed by atoms with Crippen LogP contribution in [0.1, 0.15) is 80.2 Å². The van der Waals surface area contributed by atoms with E-state index in [1.54, 1.807) is 0 Å². The molecule has 0 bridgehead atoms. The van der Waals surface area contributed by atoms with Crippen LogP contribution in [0.25, 0.3) is 11.1 Å². The lowest BCUT2D eigenvalue weighted by molar-refractivity contribution is 0.476. The van der Waals surface area contributed by atoms with E-state index in [0.717, 1.165) is 47.2 Å². The van der Waals surface area contributed by atoms with Crippen molar-refractivity contribution in [3.8, 4) is 16.9 Å². The van der Waals surface area contributed by atoms with Gasteiger partial charge < -0.3 is 5.11 Å². The lowest BCUT2D eigenvalue weighted by Crippen LogP contribution is -2.01. The fraction of sp³-hybridized carbons (Fsp3) is 0.323. The highest BCUT2D eigenvalue weighted by atomic mass is 16.3. The van der Waals surface area contributed by atoms with E-state index < -0.39 is 0 Å². The summed E-state index contributed by atoms with van der Waals surface area (Å²) in [7, 11) is 0. The fourth-order valence-electron chi connectivity index (χ4n) is 4.46. The van der Waals surface area contributed by atoms with Gasteiger partial charge in [-0.05, 0) is 71.6 Å². The summed E-state index contributed by atoms with van der Waals surface area (Å²) in [5.41, 5.74) is 8.54. The summed E-state index contributed by atoms with van der Waals surface area (Å²) in [6, 6.07) is 18.6. The van der Waals surface area contributed by atoms with Crippen LogP contribution < -0.4 is 0 Å². The van der Waals surface area contributed by atoms with Gasteiger partial charge in [-0.1, -0.05) is 82.7 Å². The molecular weight excluding hydrogens is 402 g/mol. The second-order valence-electron chi connectivity index (χ2n) is 9.33. The molecule has 0 radical (unpaired) electrons. The summed E-state index contributed by atoms with van der Waals surface area (Å²) in [5.74, 6) is 1.03. The molecule has 1 unspecified atom stereocenters. The number of allylic oxidation sites excluding steroid dienone is 1. The zero-order valence-corrected chi connectivity index (χ0v) is 20.7. The molecule has 0 saturated heterocycles. The third-order valence-electron chi connectivity index (χ3n) is 6.18. The number of hydrogen-bond donors (Lipinski definition) is 1. The number of aliphatic imine (C=N–C) groups is 1. The van der Waals surface area contributed by atoms with Gasteiger partial charge in [0, 0.05) is 17.3 Å². The normalized spacial score (nSPS) is 12.4. The van der Waals surface area contributed by atoms with Gasteiger partial charge in [-0.15, -0.1) is 6.58 Å². The molecule has 0 spiro atoms. The molecule has 0 heterocycles. The van der Waals surface area contributed by atoms with Gasteiger partial charge in [-0.25, -0.2) is 0 Å². The molecular formula is C31H37NO. The Bertz CT molecular complexity index is 1130. The summed E-state index contributed by atoms with van der Waals surface area (Å²) in [5, 5.41) is 11.1. The summed E-state index contributed by atoms with van der Waals surface area (Å²) >= 11 is 0. The first kappa shape index (κ1) is 24.5. The monoisotopic (exact) mass is 439 g/mol. The first-order valence-corrected chi connectivity index (χ1v) is 12.1. The van der Waals surface area contributed by atoms with Gasteiger partial charge in [-0.3, -0.25) is 4.99 Å². The van der Waals surface area contributed by atoms with Gasteiger partial charge in [0.1, 0.15) is 5.75 Å². The SMILES string of the molecule is C=CCc1cc(C(C)C)c(N=Cc2cc(C)cc(-c3ccccc3)c2O)c(C(C)CCC)c1. The van der Waals surface area contributed by atoms with E-state index >= 15 is 0 Å². The zero-order valence-electron chi connectivity index (χ0n) is 20.7. The van der Waals surface area contributed by atoms with Crippen molar-refractivity contribution in [2.75, 3.05) is 0 Å². The van der Waals surface area contributed by atoms with Gasteiger partial charge in [0.25, 0.3) is 0 Å². The second-order valence-corrected chi connectivity index (χ2v) is 9.33. The van der Waals surface area contributed by atoms with Crippen molar-refractivity contribution in [1.82, 2.24) is 0 Å². The Morgan fingerprint density at radius 3 is 2.33 bits per heavy atom. The first-order valence-electron chi connectivity index (χ1n) is 12.1. The number of nitrogens with zero attached hydrogens (tertiary/aromatic N) is 1. The van der Waals surface area contributed by atoms with Crippen molar-refractivity contribution in [1.29, 1.82) is 0 Å². The van der Waals surface area contributed by atoms with Gasteiger partial charge in [0.05, 0.1) is 5.69 Å². The Morgan fingerprint density at radius 2 is 1.70 bits per heavy atom. The minimum absolute atomic E-state index is 0.271. The van der Waals surface area contributed by atoms with E-state index in [4.69, 9.17) is 4.99 Å². The van der Waals surface area contributed by atoms with Crippen LogP contribution in [0.4, 0.5) is 5.69 Å².